The summed E-state index contributed by atoms with van der Waals surface area (Å²) in [7, 11) is 1.88. The van der Waals surface area contributed by atoms with E-state index in [9.17, 15) is 4.39 Å². The van der Waals surface area contributed by atoms with Crippen LogP contribution in [0.2, 0.25) is 0 Å². The fraction of sp³-hybridized carbons (Fsp3) is 0.200. The molecule has 1 aromatic carbocycles. The van der Waals surface area contributed by atoms with E-state index in [0.717, 1.165) is 15.2 Å². The lowest BCUT2D eigenvalue weighted by Crippen LogP contribution is -1.91. The van der Waals surface area contributed by atoms with E-state index in [0.29, 0.717) is 5.75 Å². The number of aryl methyl sites for hydroxylation is 1. The summed E-state index contributed by atoms with van der Waals surface area (Å²) in [6.45, 7) is 0. The molecule has 0 aliphatic rings. The number of benzene rings is 1. The van der Waals surface area contributed by atoms with Crippen molar-refractivity contribution in [3.63, 3.8) is 0 Å². The Kier molecular flexibility index (Phi) is 3.60. The number of thioether (sulfide) groups is 1. The monoisotopic (exact) mass is 301 g/mol. The molecule has 3 nitrogen and oxygen atoms in total. The van der Waals surface area contributed by atoms with Crippen LogP contribution in [-0.2, 0) is 12.8 Å². The van der Waals surface area contributed by atoms with Gasteiger partial charge in [-0.05, 0) is 23.8 Å². The number of hydrogen-bond acceptors (Lipinski definition) is 3. The van der Waals surface area contributed by atoms with Gasteiger partial charge in [0.25, 0.3) is 0 Å². The summed E-state index contributed by atoms with van der Waals surface area (Å²) in [5, 5.41) is 8.55. The summed E-state index contributed by atoms with van der Waals surface area (Å²) in [4.78, 5) is 0. The van der Waals surface area contributed by atoms with E-state index >= 15 is 0 Å². The standard InChI is InChI=1S/C10H9BrFN3S/c1-15-6-13-14-10(15)16-5-7-4-8(12)2-3-9(7)11/h2-4,6H,5H2,1H3. The van der Waals surface area contributed by atoms with E-state index in [1.165, 1.54) is 23.9 Å². The molecule has 0 fully saturated rings. The van der Waals surface area contributed by atoms with Gasteiger partial charge in [0.05, 0.1) is 0 Å². The summed E-state index contributed by atoms with van der Waals surface area (Å²) in [6, 6.07) is 4.66. The number of aromatic nitrogens is 3. The number of nitrogens with zero attached hydrogens (tertiary/aromatic N) is 3. The van der Waals surface area contributed by atoms with Crippen molar-refractivity contribution in [3.8, 4) is 0 Å². The minimum atomic E-state index is -0.225. The molecular formula is C10H9BrFN3S. The Hall–Kier alpha value is -0.880. The van der Waals surface area contributed by atoms with Gasteiger partial charge in [-0.2, -0.15) is 0 Å². The highest BCUT2D eigenvalue weighted by atomic mass is 79.9. The molecule has 0 unspecified atom stereocenters. The third-order valence-corrected chi connectivity index (χ3v) is 3.89. The topological polar surface area (TPSA) is 30.7 Å². The molecule has 0 bridgehead atoms. The molecule has 1 heterocycles. The van der Waals surface area contributed by atoms with Gasteiger partial charge in [0.15, 0.2) is 5.16 Å². The zero-order chi connectivity index (χ0) is 11.5. The van der Waals surface area contributed by atoms with Gasteiger partial charge in [-0.15, -0.1) is 10.2 Å². The predicted molar refractivity (Wildman–Crippen MR) is 64.7 cm³/mol. The molecule has 2 rings (SSSR count). The summed E-state index contributed by atoms with van der Waals surface area (Å²) in [6.07, 6.45) is 1.64. The van der Waals surface area contributed by atoms with Crippen molar-refractivity contribution >= 4 is 27.7 Å². The SMILES string of the molecule is Cn1cnnc1SCc1cc(F)ccc1Br. The van der Waals surface area contributed by atoms with E-state index < -0.39 is 0 Å². The Morgan fingerprint density at radius 1 is 1.50 bits per heavy atom. The van der Waals surface area contributed by atoms with Crippen molar-refractivity contribution in [3.05, 3.63) is 40.4 Å². The second-order valence-electron chi connectivity index (χ2n) is 3.25. The van der Waals surface area contributed by atoms with Crippen molar-refractivity contribution in [2.45, 2.75) is 10.9 Å². The van der Waals surface area contributed by atoms with Crippen LogP contribution in [0, 0.1) is 5.82 Å². The Morgan fingerprint density at radius 3 is 3.00 bits per heavy atom. The lowest BCUT2D eigenvalue weighted by Gasteiger charge is -2.03. The molecule has 0 saturated heterocycles. The molecule has 6 heteroatoms. The third kappa shape index (κ3) is 2.62. The smallest absolute Gasteiger partial charge is 0.191 e. The average Bonchev–Trinajstić information content (AvgIpc) is 2.66. The Morgan fingerprint density at radius 2 is 2.31 bits per heavy atom. The maximum absolute atomic E-state index is 13.0. The fourth-order valence-corrected chi connectivity index (χ4v) is 2.65. The predicted octanol–water partition coefficient (Wildman–Crippen LogP) is 3.01. The summed E-state index contributed by atoms with van der Waals surface area (Å²) in [5.74, 6) is 0.432. The molecule has 0 radical (unpaired) electrons. The molecule has 1 aromatic heterocycles. The zero-order valence-corrected chi connectivity index (χ0v) is 10.9. The number of hydrogen-bond donors (Lipinski definition) is 0. The van der Waals surface area contributed by atoms with E-state index in [1.807, 2.05) is 11.6 Å². The first kappa shape index (κ1) is 11.6. The quantitative estimate of drug-likeness (QED) is 0.817. The van der Waals surface area contributed by atoms with Crippen LogP contribution in [0.1, 0.15) is 5.56 Å². The first-order valence-corrected chi connectivity index (χ1v) is 6.35. The van der Waals surface area contributed by atoms with E-state index in [4.69, 9.17) is 0 Å². The van der Waals surface area contributed by atoms with Crippen molar-refractivity contribution in [2.75, 3.05) is 0 Å². The summed E-state index contributed by atoms with van der Waals surface area (Å²) in [5.41, 5.74) is 0.910. The van der Waals surface area contributed by atoms with E-state index in [-0.39, 0.29) is 5.82 Å². The first-order chi connectivity index (χ1) is 7.66. The molecular weight excluding hydrogens is 293 g/mol. The van der Waals surface area contributed by atoms with Gasteiger partial charge in [0.2, 0.25) is 0 Å². The Bertz CT molecular complexity index is 501. The Labute approximate surface area is 105 Å². The third-order valence-electron chi connectivity index (χ3n) is 2.03. The highest BCUT2D eigenvalue weighted by molar-refractivity contribution is 9.10. The van der Waals surface area contributed by atoms with Gasteiger partial charge in [-0.25, -0.2) is 4.39 Å². The second-order valence-corrected chi connectivity index (χ2v) is 5.05. The minimum Gasteiger partial charge on any atom is -0.312 e. The first-order valence-electron chi connectivity index (χ1n) is 4.57. The average molecular weight is 302 g/mol. The summed E-state index contributed by atoms with van der Waals surface area (Å²) >= 11 is 4.91. The second kappa shape index (κ2) is 4.97. The lowest BCUT2D eigenvalue weighted by molar-refractivity contribution is 0.626. The molecule has 0 atom stereocenters. The summed E-state index contributed by atoms with van der Waals surface area (Å²) < 4.78 is 15.8. The van der Waals surface area contributed by atoms with Crippen molar-refractivity contribution in [2.24, 2.45) is 7.05 Å². The van der Waals surface area contributed by atoms with Crippen LogP contribution in [0.3, 0.4) is 0 Å². The van der Waals surface area contributed by atoms with Crippen molar-refractivity contribution in [1.82, 2.24) is 14.8 Å². The van der Waals surface area contributed by atoms with Crippen LogP contribution >= 0.6 is 27.7 Å². The molecule has 0 spiro atoms. The van der Waals surface area contributed by atoms with Gasteiger partial charge in [0, 0.05) is 17.3 Å². The van der Waals surface area contributed by atoms with Gasteiger partial charge in [0.1, 0.15) is 12.1 Å². The fourth-order valence-electron chi connectivity index (χ4n) is 1.20. The van der Waals surface area contributed by atoms with Crippen LogP contribution in [0.5, 0.6) is 0 Å². The van der Waals surface area contributed by atoms with Gasteiger partial charge < -0.3 is 4.57 Å². The normalized spacial score (nSPS) is 10.7. The highest BCUT2D eigenvalue weighted by Gasteiger charge is 2.05. The van der Waals surface area contributed by atoms with Crippen LogP contribution in [0.15, 0.2) is 34.2 Å². The van der Waals surface area contributed by atoms with Crippen LogP contribution in [-0.4, -0.2) is 14.8 Å². The number of rotatable bonds is 3. The lowest BCUT2D eigenvalue weighted by atomic mass is 10.2. The van der Waals surface area contributed by atoms with E-state index in [2.05, 4.69) is 26.1 Å². The largest absolute Gasteiger partial charge is 0.312 e. The zero-order valence-electron chi connectivity index (χ0n) is 8.52. The van der Waals surface area contributed by atoms with Crippen LogP contribution in [0.25, 0.3) is 0 Å². The molecule has 0 aliphatic carbocycles. The molecule has 2 aromatic rings. The van der Waals surface area contributed by atoms with Gasteiger partial charge >= 0.3 is 0 Å². The maximum Gasteiger partial charge on any atom is 0.191 e. The highest BCUT2D eigenvalue weighted by Crippen LogP contribution is 2.25. The Balaban J connectivity index is 2.10. The molecule has 0 aliphatic heterocycles. The molecule has 16 heavy (non-hydrogen) atoms. The molecule has 0 amide bonds. The van der Waals surface area contributed by atoms with Crippen LogP contribution < -0.4 is 0 Å². The molecule has 0 saturated carbocycles. The number of halogens is 2. The minimum absolute atomic E-state index is 0.225. The van der Waals surface area contributed by atoms with Crippen molar-refractivity contribution < 1.29 is 4.39 Å². The van der Waals surface area contributed by atoms with E-state index in [1.54, 1.807) is 12.4 Å². The van der Waals surface area contributed by atoms with Gasteiger partial charge in [-0.3, -0.25) is 0 Å². The van der Waals surface area contributed by atoms with Gasteiger partial charge in [-0.1, -0.05) is 27.7 Å². The van der Waals surface area contributed by atoms with Crippen LogP contribution in [0.4, 0.5) is 4.39 Å². The maximum atomic E-state index is 13.0. The molecule has 84 valence electrons. The molecule has 0 N–H and O–H groups in total. The van der Waals surface area contributed by atoms with Crippen molar-refractivity contribution in [1.29, 1.82) is 0 Å².